The normalized spacial score (nSPS) is 22.5. The van der Waals surface area contributed by atoms with Gasteiger partial charge in [-0.3, -0.25) is 0 Å². The van der Waals surface area contributed by atoms with E-state index in [9.17, 15) is 8.78 Å². The molecule has 118 valence electrons. The van der Waals surface area contributed by atoms with Crippen LogP contribution in [0.1, 0.15) is 25.6 Å². The van der Waals surface area contributed by atoms with Crippen LogP contribution in [0.15, 0.2) is 24.3 Å². The summed E-state index contributed by atoms with van der Waals surface area (Å²) in [6, 6.07) is 7.29. The zero-order valence-electron chi connectivity index (χ0n) is 12.7. The van der Waals surface area contributed by atoms with Crippen molar-refractivity contribution < 1.29 is 13.5 Å². The number of hydrogen-bond acceptors (Lipinski definition) is 4. The van der Waals surface area contributed by atoms with Crippen LogP contribution in [0.2, 0.25) is 0 Å². The van der Waals surface area contributed by atoms with Crippen LogP contribution >= 0.6 is 0 Å². The van der Waals surface area contributed by atoms with Crippen LogP contribution in [0.25, 0.3) is 10.9 Å². The molecule has 3 rings (SSSR count). The Hall–Kier alpha value is -1.82. The van der Waals surface area contributed by atoms with E-state index in [1.807, 2.05) is 17.0 Å². The lowest BCUT2D eigenvalue weighted by Gasteiger charge is -2.37. The summed E-state index contributed by atoms with van der Waals surface area (Å²) in [7, 11) is 1.69. The van der Waals surface area contributed by atoms with E-state index in [-0.39, 0.29) is 6.10 Å². The summed E-state index contributed by atoms with van der Waals surface area (Å²) < 4.78 is 31.7. The highest BCUT2D eigenvalue weighted by molar-refractivity contribution is 5.89. The van der Waals surface area contributed by atoms with Crippen LogP contribution in [-0.2, 0) is 4.74 Å². The van der Waals surface area contributed by atoms with Gasteiger partial charge in [-0.1, -0.05) is 19.1 Å². The molecule has 2 unspecified atom stereocenters. The molecule has 1 aliphatic rings. The third-order valence-electron chi connectivity index (χ3n) is 4.29. The van der Waals surface area contributed by atoms with Crippen molar-refractivity contribution >= 4 is 16.7 Å². The van der Waals surface area contributed by atoms with Crippen molar-refractivity contribution in [3.63, 3.8) is 0 Å². The van der Waals surface area contributed by atoms with Gasteiger partial charge in [-0.2, -0.15) is 0 Å². The second-order valence-corrected chi connectivity index (χ2v) is 5.71. The Kier molecular flexibility index (Phi) is 4.20. The Morgan fingerprint density at radius 3 is 2.77 bits per heavy atom. The zero-order valence-corrected chi connectivity index (χ0v) is 12.7. The molecule has 0 bridgehead atoms. The van der Waals surface area contributed by atoms with Crippen molar-refractivity contribution in [3.8, 4) is 0 Å². The average Bonchev–Trinajstić information content (AvgIpc) is 2.54. The number of aromatic nitrogens is 2. The standard InChI is InChI=1S/C16H19F2N3O/c1-10-7-8-21(9-13(10)22-2)16-11-5-3-4-6-12(11)19-15(20-16)14(17)18/h3-6,10,13-14H,7-9H2,1-2H3. The largest absolute Gasteiger partial charge is 0.379 e. The molecule has 0 aliphatic carbocycles. The summed E-state index contributed by atoms with van der Waals surface area (Å²) in [5, 5.41) is 0.802. The zero-order chi connectivity index (χ0) is 15.7. The van der Waals surface area contributed by atoms with Gasteiger partial charge in [0, 0.05) is 25.6 Å². The van der Waals surface area contributed by atoms with Crippen molar-refractivity contribution in [2.45, 2.75) is 25.9 Å². The number of halogens is 2. The van der Waals surface area contributed by atoms with Gasteiger partial charge in [0.15, 0.2) is 5.82 Å². The number of methoxy groups -OCH3 is 1. The van der Waals surface area contributed by atoms with Crippen LogP contribution < -0.4 is 4.90 Å². The lowest BCUT2D eigenvalue weighted by Crippen LogP contribution is -2.44. The van der Waals surface area contributed by atoms with E-state index in [4.69, 9.17) is 4.74 Å². The number of para-hydroxylation sites is 1. The smallest absolute Gasteiger partial charge is 0.297 e. The first-order valence-electron chi connectivity index (χ1n) is 7.42. The van der Waals surface area contributed by atoms with Gasteiger partial charge < -0.3 is 9.64 Å². The SMILES string of the molecule is COC1CN(c2nc(C(F)F)nc3ccccc23)CCC1C. The Balaban J connectivity index is 2.05. The van der Waals surface area contributed by atoms with Crippen LogP contribution in [0.4, 0.5) is 14.6 Å². The van der Waals surface area contributed by atoms with Crippen molar-refractivity contribution in [1.82, 2.24) is 9.97 Å². The van der Waals surface area contributed by atoms with Gasteiger partial charge in [0.1, 0.15) is 5.82 Å². The number of benzene rings is 1. The van der Waals surface area contributed by atoms with E-state index in [2.05, 4.69) is 16.9 Å². The Morgan fingerprint density at radius 2 is 2.05 bits per heavy atom. The second-order valence-electron chi connectivity index (χ2n) is 5.71. The molecule has 2 atom stereocenters. The number of piperidine rings is 1. The summed E-state index contributed by atoms with van der Waals surface area (Å²) in [6.45, 7) is 3.58. The van der Waals surface area contributed by atoms with E-state index in [1.54, 1.807) is 19.2 Å². The summed E-state index contributed by atoms with van der Waals surface area (Å²) in [6.07, 6.45) is -1.65. The molecular weight excluding hydrogens is 288 g/mol. The minimum Gasteiger partial charge on any atom is -0.379 e. The fourth-order valence-electron chi connectivity index (χ4n) is 2.95. The van der Waals surface area contributed by atoms with Crippen molar-refractivity contribution in [3.05, 3.63) is 30.1 Å². The van der Waals surface area contributed by atoms with Gasteiger partial charge in [-0.25, -0.2) is 18.7 Å². The first-order chi connectivity index (χ1) is 10.6. The fourth-order valence-corrected chi connectivity index (χ4v) is 2.95. The van der Waals surface area contributed by atoms with Gasteiger partial charge in [0.2, 0.25) is 0 Å². The molecule has 0 amide bonds. The molecule has 0 N–H and O–H groups in total. The second kappa shape index (κ2) is 6.12. The molecule has 1 fully saturated rings. The predicted octanol–water partition coefficient (Wildman–Crippen LogP) is 3.43. The number of ether oxygens (including phenoxy) is 1. The maximum Gasteiger partial charge on any atom is 0.297 e. The predicted molar refractivity (Wildman–Crippen MR) is 81.3 cm³/mol. The van der Waals surface area contributed by atoms with Crippen molar-refractivity contribution in [1.29, 1.82) is 0 Å². The van der Waals surface area contributed by atoms with E-state index in [0.29, 0.717) is 23.8 Å². The molecule has 1 aromatic carbocycles. The van der Waals surface area contributed by atoms with Crippen LogP contribution in [0, 0.1) is 5.92 Å². The molecule has 2 aromatic rings. The van der Waals surface area contributed by atoms with Crippen molar-refractivity contribution in [2.24, 2.45) is 5.92 Å². The number of alkyl halides is 2. The lowest BCUT2D eigenvalue weighted by molar-refractivity contribution is 0.0496. The topological polar surface area (TPSA) is 38.2 Å². The molecule has 0 saturated carbocycles. The van der Waals surface area contributed by atoms with Crippen molar-refractivity contribution in [2.75, 3.05) is 25.1 Å². The molecule has 4 nitrogen and oxygen atoms in total. The van der Waals surface area contributed by atoms with E-state index in [1.165, 1.54) is 0 Å². The highest BCUT2D eigenvalue weighted by atomic mass is 19.3. The monoisotopic (exact) mass is 307 g/mol. The summed E-state index contributed by atoms with van der Waals surface area (Å²) in [4.78, 5) is 10.1. The average molecular weight is 307 g/mol. The molecule has 0 spiro atoms. The molecule has 6 heteroatoms. The number of hydrogen-bond donors (Lipinski definition) is 0. The fraction of sp³-hybridized carbons (Fsp3) is 0.500. The maximum atomic E-state index is 13.1. The Bertz CT molecular complexity index is 665. The van der Waals surface area contributed by atoms with E-state index < -0.39 is 12.2 Å². The third-order valence-corrected chi connectivity index (χ3v) is 4.29. The summed E-state index contributed by atoms with van der Waals surface area (Å²) in [5.41, 5.74) is 0.551. The quantitative estimate of drug-likeness (QED) is 0.871. The van der Waals surface area contributed by atoms with Gasteiger partial charge >= 0.3 is 0 Å². The first-order valence-corrected chi connectivity index (χ1v) is 7.42. The van der Waals surface area contributed by atoms with Gasteiger partial charge in [0.25, 0.3) is 6.43 Å². The van der Waals surface area contributed by atoms with Gasteiger partial charge in [-0.05, 0) is 24.5 Å². The Labute approximate surface area is 128 Å². The minimum atomic E-state index is -2.68. The number of fused-ring (bicyclic) bond motifs is 1. The summed E-state index contributed by atoms with van der Waals surface area (Å²) >= 11 is 0. The molecule has 22 heavy (non-hydrogen) atoms. The van der Waals surface area contributed by atoms with Crippen LogP contribution in [0.3, 0.4) is 0 Å². The summed E-state index contributed by atoms with van der Waals surface area (Å²) in [5.74, 6) is 0.611. The highest BCUT2D eigenvalue weighted by Gasteiger charge is 2.28. The number of nitrogens with zero attached hydrogens (tertiary/aromatic N) is 3. The highest BCUT2D eigenvalue weighted by Crippen LogP contribution is 2.30. The van der Waals surface area contributed by atoms with E-state index >= 15 is 0 Å². The first kappa shape index (κ1) is 15.1. The van der Waals surface area contributed by atoms with Gasteiger partial charge in [0.05, 0.1) is 11.6 Å². The molecule has 2 heterocycles. The van der Waals surface area contributed by atoms with Crippen LogP contribution in [0.5, 0.6) is 0 Å². The third kappa shape index (κ3) is 2.75. The van der Waals surface area contributed by atoms with Crippen LogP contribution in [-0.4, -0.2) is 36.3 Å². The molecule has 0 radical (unpaired) electrons. The number of anilines is 1. The molecule has 1 aromatic heterocycles. The Morgan fingerprint density at radius 1 is 1.27 bits per heavy atom. The molecule has 1 saturated heterocycles. The van der Waals surface area contributed by atoms with Gasteiger partial charge in [-0.15, -0.1) is 0 Å². The molecule has 1 aliphatic heterocycles. The minimum absolute atomic E-state index is 0.0810. The maximum absolute atomic E-state index is 13.1. The van der Waals surface area contributed by atoms with E-state index in [0.717, 1.165) is 18.4 Å². The molecular formula is C16H19F2N3O. The number of rotatable bonds is 3. The lowest BCUT2D eigenvalue weighted by atomic mass is 9.95.